The predicted molar refractivity (Wildman–Crippen MR) is 58.9 cm³/mol. The second-order valence-corrected chi connectivity index (χ2v) is 9.59. The summed E-state index contributed by atoms with van der Waals surface area (Å²) in [6, 6.07) is 4.02. The predicted octanol–water partition coefficient (Wildman–Crippen LogP) is 2.86. The van der Waals surface area contributed by atoms with Crippen LogP contribution in [-0.4, -0.2) is 13.1 Å². The van der Waals surface area contributed by atoms with E-state index >= 15 is 0 Å². The molecule has 68 valence electrons. The van der Waals surface area contributed by atoms with E-state index in [1.54, 1.807) is 0 Å². The average Bonchev–Trinajstić information content (AvgIpc) is 2.62. The molecule has 0 spiro atoms. The highest BCUT2D eigenvalue weighted by Gasteiger charge is 2.31. The molecular weight excluding hydrogens is 182 g/mol. The Morgan fingerprint density at radius 2 is 1.83 bits per heavy atom. The number of aromatic nitrogens is 1. The molecule has 0 aromatic carbocycles. The molecule has 0 saturated carbocycles. The molecule has 0 atom stereocenters. The van der Waals surface area contributed by atoms with Gasteiger partial charge in [-0.3, -0.25) is 4.98 Å². The third-order valence-corrected chi connectivity index (χ3v) is 10.3. The fraction of sp³-hybridized carbons (Fsp3) is 0.667. The van der Waals surface area contributed by atoms with Crippen LogP contribution < -0.4 is 4.63 Å². The number of hydrogen-bond donors (Lipinski definition) is 0. The first-order valence-corrected chi connectivity index (χ1v) is 8.19. The van der Waals surface area contributed by atoms with Crippen molar-refractivity contribution in [3.63, 3.8) is 0 Å². The maximum Gasteiger partial charge on any atom is 0.123 e. The second kappa shape index (κ2) is 4.19. The maximum atomic E-state index is 4.48. The number of nitrogens with zero attached hydrogens (tertiary/aromatic N) is 1. The lowest BCUT2D eigenvalue weighted by molar-refractivity contribution is 1.19. The molecule has 1 heterocycles. The van der Waals surface area contributed by atoms with Crippen molar-refractivity contribution in [2.24, 2.45) is 0 Å². The van der Waals surface area contributed by atoms with E-state index < -0.39 is 8.07 Å². The Kier molecular flexibility index (Phi) is 3.47. The van der Waals surface area contributed by atoms with Crippen molar-refractivity contribution >= 4 is 24.0 Å². The minimum absolute atomic E-state index is 1.13. The van der Waals surface area contributed by atoms with Gasteiger partial charge in [-0.05, 0) is 0 Å². The molecule has 0 fully saturated rings. The van der Waals surface area contributed by atoms with Crippen molar-refractivity contribution in [1.29, 1.82) is 0 Å². The maximum absolute atomic E-state index is 4.48. The number of thiazole rings is 1. The summed E-state index contributed by atoms with van der Waals surface area (Å²) in [7, 11) is -1.13. The van der Waals surface area contributed by atoms with Gasteiger partial charge in [0.15, 0.2) is 0 Å². The van der Waals surface area contributed by atoms with E-state index in [1.165, 1.54) is 22.8 Å². The molecule has 3 heteroatoms. The van der Waals surface area contributed by atoms with Crippen LogP contribution in [-0.2, 0) is 0 Å². The first-order chi connectivity index (χ1) is 5.79. The Morgan fingerprint density at radius 3 is 2.17 bits per heavy atom. The largest absolute Gasteiger partial charge is 0.255 e. The van der Waals surface area contributed by atoms with Gasteiger partial charge < -0.3 is 0 Å². The van der Waals surface area contributed by atoms with Gasteiger partial charge >= 0.3 is 0 Å². The molecule has 0 amide bonds. The van der Waals surface area contributed by atoms with E-state index in [2.05, 4.69) is 31.1 Å². The van der Waals surface area contributed by atoms with Crippen LogP contribution >= 0.6 is 11.3 Å². The van der Waals surface area contributed by atoms with Gasteiger partial charge in [-0.25, -0.2) is 0 Å². The molecule has 0 radical (unpaired) electrons. The first kappa shape index (κ1) is 9.93. The molecule has 0 aliphatic heterocycles. The molecule has 0 saturated heterocycles. The van der Waals surface area contributed by atoms with E-state index in [0.29, 0.717) is 0 Å². The first-order valence-electron chi connectivity index (χ1n) is 4.69. The summed E-state index contributed by atoms with van der Waals surface area (Å²) in [5.41, 5.74) is 0. The van der Waals surface area contributed by atoms with Crippen molar-refractivity contribution in [3.05, 3.63) is 11.6 Å². The van der Waals surface area contributed by atoms with Crippen LogP contribution in [0.2, 0.25) is 18.1 Å². The number of hydrogen-bond acceptors (Lipinski definition) is 2. The summed E-state index contributed by atoms with van der Waals surface area (Å²) in [4.78, 5) is 4.48. The third-order valence-electron chi connectivity index (χ3n) is 2.92. The Labute approximate surface area is 79.9 Å². The minimum atomic E-state index is -1.13. The summed E-state index contributed by atoms with van der Waals surface area (Å²) in [5, 5.41) is 2.11. The summed E-state index contributed by atoms with van der Waals surface area (Å²) in [6.45, 7) is 6.96. The summed E-state index contributed by atoms with van der Waals surface area (Å²) in [6.07, 6.45) is 1.95. The highest BCUT2D eigenvalue weighted by atomic mass is 32.1. The summed E-state index contributed by atoms with van der Waals surface area (Å²) >= 11 is 1.85. The van der Waals surface area contributed by atoms with E-state index in [0.717, 1.165) is 0 Å². The van der Waals surface area contributed by atoms with Gasteiger partial charge in [-0.1, -0.05) is 38.9 Å². The van der Waals surface area contributed by atoms with Crippen molar-refractivity contribution in [1.82, 2.24) is 4.98 Å². The van der Waals surface area contributed by atoms with Gasteiger partial charge in [0.1, 0.15) is 8.07 Å². The smallest absolute Gasteiger partial charge is 0.123 e. The van der Waals surface area contributed by atoms with E-state index in [9.17, 15) is 0 Å². The fourth-order valence-corrected chi connectivity index (χ4v) is 7.32. The normalized spacial score (nSPS) is 11.9. The van der Waals surface area contributed by atoms with Gasteiger partial charge in [0.2, 0.25) is 0 Å². The van der Waals surface area contributed by atoms with E-state index in [-0.39, 0.29) is 0 Å². The van der Waals surface area contributed by atoms with Gasteiger partial charge in [0.25, 0.3) is 0 Å². The van der Waals surface area contributed by atoms with E-state index in [1.807, 2.05) is 17.5 Å². The zero-order chi connectivity index (χ0) is 9.03. The Bertz CT molecular complexity index is 208. The van der Waals surface area contributed by atoms with Crippen LogP contribution in [0.3, 0.4) is 0 Å². The van der Waals surface area contributed by atoms with Crippen LogP contribution in [0.5, 0.6) is 0 Å². The zero-order valence-corrected chi connectivity index (χ0v) is 9.95. The lowest BCUT2D eigenvalue weighted by atomic mass is 10.9. The monoisotopic (exact) mass is 199 g/mol. The molecule has 1 aromatic heterocycles. The topological polar surface area (TPSA) is 12.9 Å². The average molecular weight is 199 g/mol. The van der Waals surface area contributed by atoms with Crippen LogP contribution in [0, 0.1) is 0 Å². The lowest BCUT2D eigenvalue weighted by Gasteiger charge is -2.24. The molecule has 0 aliphatic carbocycles. The van der Waals surface area contributed by atoms with Crippen LogP contribution in [0.1, 0.15) is 20.8 Å². The van der Waals surface area contributed by atoms with Crippen molar-refractivity contribution in [2.75, 3.05) is 0 Å². The van der Waals surface area contributed by atoms with Gasteiger partial charge in [0, 0.05) is 11.6 Å². The molecule has 1 rings (SSSR count). The second-order valence-electron chi connectivity index (χ2n) is 3.18. The Morgan fingerprint density at radius 1 is 1.25 bits per heavy atom. The van der Waals surface area contributed by atoms with Crippen LogP contribution in [0.25, 0.3) is 0 Å². The van der Waals surface area contributed by atoms with Crippen molar-refractivity contribution in [2.45, 2.75) is 38.9 Å². The molecule has 0 unspecified atom stereocenters. The minimum Gasteiger partial charge on any atom is -0.255 e. The Balaban J connectivity index is 2.93. The van der Waals surface area contributed by atoms with Crippen LogP contribution in [0.15, 0.2) is 11.6 Å². The molecule has 0 N–H and O–H groups in total. The molecular formula is C9H17NSSi. The molecule has 1 nitrogen and oxygen atoms in total. The third kappa shape index (κ3) is 1.61. The van der Waals surface area contributed by atoms with Gasteiger partial charge in [0.05, 0.1) is 4.63 Å². The Hall–Kier alpha value is -0.153. The molecule has 1 aromatic rings. The van der Waals surface area contributed by atoms with E-state index in [4.69, 9.17) is 0 Å². The molecule has 0 bridgehead atoms. The number of rotatable bonds is 4. The fourth-order valence-electron chi connectivity index (χ4n) is 1.69. The van der Waals surface area contributed by atoms with Crippen LogP contribution in [0.4, 0.5) is 0 Å². The summed E-state index contributed by atoms with van der Waals surface area (Å²) in [5.74, 6) is 0. The van der Waals surface area contributed by atoms with Crippen molar-refractivity contribution in [3.8, 4) is 0 Å². The molecule has 0 aliphatic rings. The standard InChI is InChI=1S/C9H17NSSi/c1-4-12(5-2,6-3)9-10-7-8-11-9/h7-8H,4-6H2,1-3H3. The van der Waals surface area contributed by atoms with Gasteiger partial charge in [-0.2, -0.15) is 0 Å². The zero-order valence-electron chi connectivity index (χ0n) is 8.13. The summed E-state index contributed by atoms with van der Waals surface area (Å²) < 4.78 is 1.45. The highest BCUT2D eigenvalue weighted by molar-refractivity contribution is 7.25. The molecule has 12 heavy (non-hydrogen) atoms. The highest BCUT2D eigenvalue weighted by Crippen LogP contribution is 2.20. The quantitative estimate of drug-likeness (QED) is 0.680. The van der Waals surface area contributed by atoms with Crippen molar-refractivity contribution < 1.29 is 0 Å². The SMILES string of the molecule is CC[Si](CC)(CC)c1nccs1. The van der Waals surface area contributed by atoms with Gasteiger partial charge in [-0.15, -0.1) is 11.3 Å². The lowest BCUT2D eigenvalue weighted by Crippen LogP contribution is -2.45.